The van der Waals surface area contributed by atoms with Gasteiger partial charge in [-0.1, -0.05) is 6.07 Å². The van der Waals surface area contributed by atoms with Crippen LogP contribution in [0.3, 0.4) is 0 Å². The molecule has 3 rings (SSSR count). The normalized spacial score (nSPS) is 17.3. The first kappa shape index (κ1) is 11.7. The summed E-state index contributed by atoms with van der Waals surface area (Å²) in [5.74, 6) is 0.764. The summed E-state index contributed by atoms with van der Waals surface area (Å²) in [4.78, 5) is 0. The van der Waals surface area contributed by atoms with Gasteiger partial charge >= 0.3 is 0 Å². The lowest BCUT2D eigenvalue weighted by molar-refractivity contribution is 0.0662. The maximum Gasteiger partial charge on any atom is 0.0706 e. The van der Waals surface area contributed by atoms with Gasteiger partial charge in [0, 0.05) is 31.5 Å². The Morgan fingerprint density at radius 1 is 1.33 bits per heavy atom. The lowest BCUT2D eigenvalue weighted by atomic mass is 10.0. The van der Waals surface area contributed by atoms with Crippen molar-refractivity contribution in [3.8, 4) is 0 Å². The maximum atomic E-state index is 5.37. The minimum atomic E-state index is 0.764. The molecule has 1 fully saturated rings. The van der Waals surface area contributed by atoms with Crippen molar-refractivity contribution in [2.75, 3.05) is 19.8 Å². The molecule has 1 N–H and O–H groups in total. The minimum Gasteiger partial charge on any atom is -0.381 e. The fraction of sp³-hybridized carbons (Fsp3) is 0.500. The van der Waals surface area contributed by atoms with Gasteiger partial charge in [-0.05, 0) is 37.4 Å². The van der Waals surface area contributed by atoms with Crippen molar-refractivity contribution >= 4 is 5.52 Å². The third-order valence-corrected chi connectivity index (χ3v) is 3.60. The van der Waals surface area contributed by atoms with Crippen molar-refractivity contribution in [3.05, 3.63) is 36.2 Å². The zero-order chi connectivity index (χ0) is 12.2. The molecule has 0 atom stereocenters. The lowest BCUT2D eigenvalue weighted by Gasteiger charge is -2.22. The zero-order valence-electron chi connectivity index (χ0n) is 10.5. The van der Waals surface area contributed by atoms with E-state index in [9.17, 15) is 0 Å². The SMILES string of the molecule is c1ccn2ncc(CNCC3CCOCC3)c2c1. The standard InChI is InChI=1S/C14H19N3O/c1-2-6-17-14(3-1)13(11-16-17)10-15-9-12-4-7-18-8-5-12/h1-3,6,11-12,15H,4-5,7-10H2. The summed E-state index contributed by atoms with van der Waals surface area (Å²) in [5.41, 5.74) is 2.46. The Morgan fingerprint density at radius 2 is 2.22 bits per heavy atom. The summed E-state index contributed by atoms with van der Waals surface area (Å²) in [7, 11) is 0. The van der Waals surface area contributed by atoms with E-state index < -0.39 is 0 Å². The van der Waals surface area contributed by atoms with Crippen LogP contribution in [-0.4, -0.2) is 29.4 Å². The molecule has 4 nitrogen and oxygen atoms in total. The highest BCUT2D eigenvalue weighted by molar-refractivity contribution is 5.53. The summed E-state index contributed by atoms with van der Waals surface area (Å²) in [6.07, 6.45) is 6.30. The molecular formula is C14H19N3O. The van der Waals surface area contributed by atoms with E-state index in [1.807, 2.05) is 23.0 Å². The van der Waals surface area contributed by atoms with E-state index in [4.69, 9.17) is 4.74 Å². The van der Waals surface area contributed by atoms with Crippen molar-refractivity contribution in [3.63, 3.8) is 0 Å². The third-order valence-electron chi connectivity index (χ3n) is 3.60. The van der Waals surface area contributed by atoms with E-state index in [1.54, 1.807) is 0 Å². The molecule has 3 heterocycles. The molecule has 0 spiro atoms. The topological polar surface area (TPSA) is 38.6 Å². The van der Waals surface area contributed by atoms with Gasteiger partial charge in [-0.25, -0.2) is 4.52 Å². The fourth-order valence-corrected chi connectivity index (χ4v) is 2.49. The highest BCUT2D eigenvalue weighted by Gasteiger charge is 2.13. The zero-order valence-corrected chi connectivity index (χ0v) is 10.5. The molecule has 2 aromatic heterocycles. The Morgan fingerprint density at radius 3 is 3.11 bits per heavy atom. The van der Waals surface area contributed by atoms with Gasteiger partial charge in [-0.2, -0.15) is 5.10 Å². The van der Waals surface area contributed by atoms with Crippen molar-refractivity contribution in [1.82, 2.24) is 14.9 Å². The lowest BCUT2D eigenvalue weighted by Crippen LogP contribution is -2.27. The number of hydrogen-bond donors (Lipinski definition) is 1. The molecule has 96 valence electrons. The van der Waals surface area contributed by atoms with Crippen LogP contribution in [0.4, 0.5) is 0 Å². The molecule has 4 heteroatoms. The molecule has 0 amide bonds. The number of ether oxygens (including phenoxy) is 1. The number of hydrogen-bond acceptors (Lipinski definition) is 3. The fourth-order valence-electron chi connectivity index (χ4n) is 2.49. The maximum absolute atomic E-state index is 5.37. The van der Waals surface area contributed by atoms with E-state index in [-0.39, 0.29) is 0 Å². The third kappa shape index (κ3) is 2.54. The van der Waals surface area contributed by atoms with Crippen molar-refractivity contribution < 1.29 is 4.74 Å². The number of rotatable bonds is 4. The molecule has 0 aromatic carbocycles. The molecule has 0 unspecified atom stereocenters. The Kier molecular flexibility index (Phi) is 3.57. The van der Waals surface area contributed by atoms with E-state index in [2.05, 4.69) is 22.5 Å². The first-order valence-electron chi connectivity index (χ1n) is 6.63. The highest BCUT2D eigenvalue weighted by Crippen LogP contribution is 2.14. The van der Waals surface area contributed by atoms with Crippen LogP contribution in [0.1, 0.15) is 18.4 Å². The second-order valence-electron chi connectivity index (χ2n) is 4.89. The average molecular weight is 245 g/mol. The Hall–Kier alpha value is -1.39. The first-order valence-corrected chi connectivity index (χ1v) is 6.63. The number of aromatic nitrogens is 2. The summed E-state index contributed by atoms with van der Waals surface area (Å²) >= 11 is 0. The van der Waals surface area contributed by atoms with Gasteiger partial charge in [0.1, 0.15) is 0 Å². The number of nitrogens with zero attached hydrogens (tertiary/aromatic N) is 2. The van der Waals surface area contributed by atoms with Gasteiger partial charge in [-0.15, -0.1) is 0 Å². The van der Waals surface area contributed by atoms with Gasteiger partial charge in [-0.3, -0.25) is 0 Å². The Labute approximate surface area is 107 Å². The van der Waals surface area contributed by atoms with Gasteiger partial charge in [0.15, 0.2) is 0 Å². The van der Waals surface area contributed by atoms with E-state index in [0.29, 0.717) is 0 Å². The predicted octanol–water partition coefficient (Wildman–Crippen LogP) is 1.85. The van der Waals surface area contributed by atoms with Crippen LogP contribution in [0.25, 0.3) is 5.52 Å². The monoisotopic (exact) mass is 245 g/mol. The van der Waals surface area contributed by atoms with E-state index in [1.165, 1.54) is 23.9 Å². The van der Waals surface area contributed by atoms with Crippen LogP contribution >= 0.6 is 0 Å². The molecule has 2 aromatic rings. The summed E-state index contributed by atoms with van der Waals surface area (Å²) in [5, 5.41) is 7.88. The Bertz CT molecular complexity index is 502. The van der Waals surface area contributed by atoms with Crippen LogP contribution in [0, 0.1) is 5.92 Å². The molecule has 1 saturated heterocycles. The molecule has 0 saturated carbocycles. The summed E-state index contributed by atoms with van der Waals surface area (Å²) in [6.45, 7) is 3.81. The van der Waals surface area contributed by atoms with Crippen molar-refractivity contribution in [2.45, 2.75) is 19.4 Å². The van der Waals surface area contributed by atoms with Crippen molar-refractivity contribution in [2.24, 2.45) is 5.92 Å². The summed E-state index contributed by atoms with van der Waals surface area (Å²) in [6, 6.07) is 6.16. The molecule has 18 heavy (non-hydrogen) atoms. The van der Waals surface area contributed by atoms with Crippen LogP contribution in [0.2, 0.25) is 0 Å². The Balaban J connectivity index is 1.56. The molecule has 1 aliphatic heterocycles. The average Bonchev–Trinajstić information content (AvgIpc) is 2.84. The number of pyridine rings is 1. The van der Waals surface area contributed by atoms with Crippen LogP contribution in [-0.2, 0) is 11.3 Å². The molecule has 0 aliphatic carbocycles. The van der Waals surface area contributed by atoms with Crippen molar-refractivity contribution in [1.29, 1.82) is 0 Å². The number of nitrogens with one attached hydrogen (secondary N) is 1. The summed E-state index contributed by atoms with van der Waals surface area (Å²) < 4.78 is 7.29. The highest BCUT2D eigenvalue weighted by atomic mass is 16.5. The smallest absolute Gasteiger partial charge is 0.0706 e. The number of fused-ring (bicyclic) bond motifs is 1. The second-order valence-corrected chi connectivity index (χ2v) is 4.89. The second kappa shape index (κ2) is 5.50. The van der Waals surface area contributed by atoms with Gasteiger partial charge in [0.25, 0.3) is 0 Å². The van der Waals surface area contributed by atoms with Crippen LogP contribution < -0.4 is 5.32 Å². The quantitative estimate of drug-likeness (QED) is 0.893. The van der Waals surface area contributed by atoms with Gasteiger partial charge in [0.05, 0.1) is 11.7 Å². The van der Waals surface area contributed by atoms with Gasteiger partial charge in [0.2, 0.25) is 0 Å². The molecule has 0 bridgehead atoms. The van der Waals surface area contributed by atoms with E-state index in [0.717, 1.165) is 32.2 Å². The van der Waals surface area contributed by atoms with Gasteiger partial charge < -0.3 is 10.1 Å². The van der Waals surface area contributed by atoms with Crippen LogP contribution in [0.5, 0.6) is 0 Å². The van der Waals surface area contributed by atoms with E-state index >= 15 is 0 Å². The predicted molar refractivity (Wildman–Crippen MR) is 70.4 cm³/mol. The minimum absolute atomic E-state index is 0.764. The molecule has 0 radical (unpaired) electrons. The first-order chi connectivity index (χ1) is 8.93. The molecule has 1 aliphatic rings. The largest absolute Gasteiger partial charge is 0.381 e. The van der Waals surface area contributed by atoms with Crippen LogP contribution in [0.15, 0.2) is 30.6 Å². The molecular weight excluding hydrogens is 226 g/mol.